The Bertz CT molecular complexity index is 565. The molecule has 0 aliphatic heterocycles. The van der Waals surface area contributed by atoms with Crippen LogP contribution >= 0.6 is 0 Å². The van der Waals surface area contributed by atoms with E-state index < -0.39 is 0 Å². The molecule has 3 rings (SSSR count). The summed E-state index contributed by atoms with van der Waals surface area (Å²) < 4.78 is 0. The largest absolute Gasteiger partial charge is 0.241 e. The van der Waals surface area contributed by atoms with Gasteiger partial charge in [0.25, 0.3) is 0 Å². The van der Waals surface area contributed by atoms with Crippen LogP contribution in [0.4, 0.5) is 0 Å². The molecule has 0 unspecified atom stereocenters. The summed E-state index contributed by atoms with van der Waals surface area (Å²) in [5.41, 5.74) is 1.30. The Morgan fingerprint density at radius 3 is 1.74 bits per heavy atom. The number of rotatable bonds is 13. The van der Waals surface area contributed by atoms with Gasteiger partial charge < -0.3 is 0 Å². The van der Waals surface area contributed by atoms with E-state index in [-0.39, 0.29) is 0 Å². The van der Waals surface area contributed by atoms with E-state index in [1.54, 1.807) is 0 Å². The van der Waals surface area contributed by atoms with Crippen molar-refractivity contribution in [3.8, 4) is 0 Å². The third-order valence-electron chi connectivity index (χ3n) is 8.52. The van der Waals surface area contributed by atoms with Crippen LogP contribution in [0.15, 0.2) is 12.4 Å². The molecule has 31 heavy (non-hydrogen) atoms. The highest BCUT2D eigenvalue weighted by Gasteiger charge is 2.30. The molecule has 0 saturated heterocycles. The van der Waals surface area contributed by atoms with Crippen molar-refractivity contribution >= 4 is 0 Å². The lowest BCUT2D eigenvalue weighted by Gasteiger charge is -2.38. The Morgan fingerprint density at radius 1 is 0.613 bits per heavy atom. The van der Waals surface area contributed by atoms with Crippen molar-refractivity contribution in [2.45, 2.75) is 136 Å². The van der Waals surface area contributed by atoms with Crippen LogP contribution in [0.2, 0.25) is 0 Å². The number of unbranched alkanes of at least 4 members (excludes halogenated alkanes) is 5. The van der Waals surface area contributed by atoms with Gasteiger partial charge in [0.05, 0.1) is 0 Å². The number of aryl methyl sites for hydroxylation is 2. The van der Waals surface area contributed by atoms with Gasteiger partial charge in [0.2, 0.25) is 0 Å². The van der Waals surface area contributed by atoms with Gasteiger partial charge >= 0.3 is 0 Å². The van der Waals surface area contributed by atoms with E-state index in [4.69, 9.17) is 0 Å². The molecular weight excluding hydrogens is 376 g/mol. The highest BCUT2D eigenvalue weighted by Crippen LogP contribution is 2.43. The second kappa shape index (κ2) is 14.3. The van der Waals surface area contributed by atoms with Crippen molar-refractivity contribution in [1.82, 2.24) is 9.97 Å². The van der Waals surface area contributed by atoms with Crippen molar-refractivity contribution in [1.29, 1.82) is 0 Å². The molecule has 0 atom stereocenters. The number of aromatic nitrogens is 2. The summed E-state index contributed by atoms with van der Waals surface area (Å²) in [7, 11) is 0. The minimum Gasteiger partial charge on any atom is -0.241 e. The summed E-state index contributed by atoms with van der Waals surface area (Å²) in [5, 5.41) is 0. The average Bonchev–Trinajstić information content (AvgIpc) is 2.83. The normalized spacial score (nSPS) is 26.8. The SMILES string of the molecule is CCCCCCCC1CCC(C2CCC(CCc3ncc(CCCC)cn3)CC2)CC1. The molecule has 176 valence electrons. The first kappa shape index (κ1) is 24.7. The van der Waals surface area contributed by atoms with Crippen LogP contribution in [0.1, 0.15) is 134 Å². The van der Waals surface area contributed by atoms with Crippen molar-refractivity contribution < 1.29 is 0 Å². The first-order valence-corrected chi connectivity index (χ1v) is 14.1. The molecule has 1 aromatic heterocycles. The van der Waals surface area contributed by atoms with Crippen molar-refractivity contribution in [2.24, 2.45) is 23.7 Å². The fourth-order valence-corrected chi connectivity index (χ4v) is 6.29. The minimum atomic E-state index is 0.916. The van der Waals surface area contributed by atoms with E-state index in [2.05, 4.69) is 36.2 Å². The van der Waals surface area contributed by atoms with Gasteiger partial charge in [-0.2, -0.15) is 0 Å². The van der Waals surface area contributed by atoms with E-state index in [9.17, 15) is 0 Å². The lowest BCUT2D eigenvalue weighted by Crippen LogP contribution is -2.26. The monoisotopic (exact) mass is 426 g/mol. The van der Waals surface area contributed by atoms with Crippen LogP contribution < -0.4 is 0 Å². The smallest absolute Gasteiger partial charge is 0.128 e. The summed E-state index contributed by atoms with van der Waals surface area (Å²) >= 11 is 0. The van der Waals surface area contributed by atoms with Crippen LogP contribution in [-0.2, 0) is 12.8 Å². The van der Waals surface area contributed by atoms with Gasteiger partial charge in [0.15, 0.2) is 0 Å². The summed E-state index contributed by atoms with van der Waals surface area (Å²) in [6.07, 6.45) is 30.9. The Morgan fingerprint density at radius 2 is 1.16 bits per heavy atom. The predicted molar refractivity (Wildman–Crippen MR) is 133 cm³/mol. The molecule has 1 aromatic rings. The van der Waals surface area contributed by atoms with Crippen LogP contribution in [0, 0.1) is 23.7 Å². The molecule has 0 radical (unpaired) electrons. The summed E-state index contributed by atoms with van der Waals surface area (Å²) in [6, 6.07) is 0. The Labute approximate surface area is 193 Å². The zero-order valence-electron chi connectivity index (χ0n) is 20.8. The third kappa shape index (κ3) is 8.85. The van der Waals surface area contributed by atoms with Gasteiger partial charge in [-0.3, -0.25) is 0 Å². The molecule has 2 saturated carbocycles. The Kier molecular flexibility index (Phi) is 11.4. The van der Waals surface area contributed by atoms with Crippen LogP contribution in [0.5, 0.6) is 0 Å². The third-order valence-corrected chi connectivity index (χ3v) is 8.52. The lowest BCUT2D eigenvalue weighted by atomic mass is 9.68. The second-order valence-corrected chi connectivity index (χ2v) is 10.9. The maximum atomic E-state index is 4.64. The molecule has 2 fully saturated rings. The van der Waals surface area contributed by atoms with Crippen molar-refractivity contribution in [2.75, 3.05) is 0 Å². The first-order valence-electron chi connectivity index (χ1n) is 14.1. The molecule has 0 aromatic carbocycles. The summed E-state index contributed by atoms with van der Waals surface area (Å²) in [6.45, 7) is 4.56. The Balaban J connectivity index is 1.27. The fraction of sp³-hybridized carbons (Fsp3) is 0.862. The summed E-state index contributed by atoms with van der Waals surface area (Å²) in [4.78, 5) is 9.27. The number of hydrogen-bond acceptors (Lipinski definition) is 2. The molecule has 1 heterocycles. The van der Waals surface area contributed by atoms with Crippen LogP contribution in [-0.4, -0.2) is 9.97 Å². The molecular formula is C29H50N2. The molecule has 2 aliphatic rings. The van der Waals surface area contributed by atoms with Gasteiger partial charge in [-0.05, 0) is 74.2 Å². The molecule has 2 heteroatoms. The first-order chi connectivity index (χ1) is 15.3. The zero-order chi connectivity index (χ0) is 21.7. The van der Waals surface area contributed by atoms with E-state index in [1.165, 1.54) is 115 Å². The molecule has 0 bridgehead atoms. The minimum absolute atomic E-state index is 0.916. The van der Waals surface area contributed by atoms with E-state index in [1.807, 2.05) is 0 Å². The number of hydrogen-bond donors (Lipinski definition) is 0. The predicted octanol–water partition coefficient (Wildman–Crippen LogP) is 8.73. The van der Waals surface area contributed by atoms with E-state index in [0.717, 1.165) is 42.3 Å². The molecule has 2 aliphatic carbocycles. The maximum Gasteiger partial charge on any atom is 0.128 e. The van der Waals surface area contributed by atoms with Crippen molar-refractivity contribution in [3.05, 3.63) is 23.8 Å². The molecule has 0 spiro atoms. The fourth-order valence-electron chi connectivity index (χ4n) is 6.29. The van der Waals surface area contributed by atoms with Crippen LogP contribution in [0.25, 0.3) is 0 Å². The average molecular weight is 427 g/mol. The number of nitrogens with zero attached hydrogens (tertiary/aromatic N) is 2. The van der Waals surface area contributed by atoms with E-state index >= 15 is 0 Å². The molecule has 0 amide bonds. The second-order valence-electron chi connectivity index (χ2n) is 10.9. The van der Waals surface area contributed by atoms with Gasteiger partial charge in [0.1, 0.15) is 5.82 Å². The topological polar surface area (TPSA) is 25.8 Å². The Hall–Kier alpha value is -0.920. The van der Waals surface area contributed by atoms with Crippen LogP contribution in [0.3, 0.4) is 0 Å². The standard InChI is InChI=1S/C29H50N2/c1-3-5-7-8-9-11-24-12-17-27(18-13-24)28-19-14-25(15-20-28)16-21-29-30-22-26(23-31-29)10-6-4-2/h22-25,27-28H,3-21H2,1-2H3. The molecule has 2 nitrogen and oxygen atoms in total. The molecule has 0 N–H and O–H groups in total. The maximum absolute atomic E-state index is 4.64. The highest BCUT2D eigenvalue weighted by atomic mass is 14.9. The van der Waals surface area contributed by atoms with Gasteiger partial charge in [-0.25, -0.2) is 9.97 Å². The summed E-state index contributed by atoms with van der Waals surface area (Å²) in [5.74, 6) is 5.13. The van der Waals surface area contributed by atoms with Gasteiger partial charge in [0, 0.05) is 18.8 Å². The lowest BCUT2D eigenvalue weighted by molar-refractivity contribution is 0.140. The van der Waals surface area contributed by atoms with Gasteiger partial charge in [-0.15, -0.1) is 0 Å². The zero-order valence-corrected chi connectivity index (χ0v) is 20.8. The van der Waals surface area contributed by atoms with Gasteiger partial charge in [-0.1, -0.05) is 84.5 Å². The van der Waals surface area contributed by atoms with Crippen molar-refractivity contribution in [3.63, 3.8) is 0 Å². The van der Waals surface area contributed by atoms with E-state index in [0.29, 0.717) is 0 Å². The highest BCUT2D eigenvalue weighted by molar-refractivity contribution is 5.05. The quantitative estimate of drug-likeness (QED) is 0.295.